The van der Waals surface area contributed by atoms with E-state index >= 15 is 0 Å². The third kappa shape index (κ3) is 3.14. The molecule has 2 N–H and O–H groups in total. The van der Waals surface area contributed by atoms with E-state index in [1.165, 1.54) is 17.0 Å². The van der Waals surface area contributed by atoms with Gasteiger partial charge in [-0.15, -0.1) is 0 Å². The number of ether oxygens (including phenoxy) is 1. The van der Waals surface area contributed by atoms with Crippen molar-refractivity contribution in [3.8, 4) is 5.75 Å². The van der Waals surface area contributed by atoms with E-state index in [1.807, 2.05) is 0 Å². The topological polar surface area (TPSA) is 70.0 Å². The Labute approximate surface area is 87.5 Å². The third-order valence-corrected chi connectivity index (χ3v) is 1.83. The van der Waals surface area contributed by atoms with Gasteiger partial charge in [-0.3, -0.25) is 4.90 Å². The second kappa shape index (κ2) is 5.21. The average Bonchev–Trinajstić information content (AvgIpc) is 2.26. The van der Waals surface area contributed by atoms with Gasteiger partial charge in [0.05, 0.1) is 6.61 Å². The van der Waals surface area contributed by atoms with Gasteiger partial charge in [-0.2, -0.15) is 0 Å². The molecule has 1 rings (SSSR count). The first kappa shape index (κ1) is 11.3. The smallest absolute Gasteiger partial charge is 0.414 e. The lowest BCUT2D eigenvalue weighted by atomic mass is 10.3. The number of hydrogen-bond donors (Lipinski definition) is 2. The second-order valence-corrected chi connectivity index (χ2v) is 2.91. The largest absolute Gasteiger partial charge is 0.508 e. The molecule has 82 valence electrons. The molecule has 0 aliphatic carbocycles. The van der Waals surface area contributed by atoms with Crippen molar-refractivity contribution in [1.29, 1.82) is 0 Å². The molecule has 15 heavy (non-hydrogen) atoms. The molecule has 1 aromatic rings. The maximum atomic E-state index is 11.3. The van der Waals surface area contributed by atoms with E-state index in [-0.39, 0.29) is 19.0 Å². The average molecular weight is 211 g/mol. The summed E-state index contributed by atoms with van der Waals surface area (Å²) in [5.41, 5.74) is 0.607. The van der Waals surface area contributed by atoms with Crippen LogP contribution in [0.4, 0.5) is 10.5 Å². The number of phenolic OH excluding ortho intramolecular Hbond substituents is 1. The number of aromatic hydroxyl groups is 1. The summed E-state index contributed by atoms with van der Waals surface area (Å²) in [5, 5.41) is 17.5. The zero-order valence-electron chi connectivity index (χ0n) is 8.38. The van der Waals surface area contributed by atoms with Crippen LogP contribution in [0.15, 0.2) is 24.3 Å². The molecule has 5 heteroatoms. The van der Waals surface area contributed by atoms with Crippen molar-refractivity contribution in [2.24, 2.45) is 0 Å². The lowest BCUT2D eigenvalue weighted by molar-refractivity contribution is 0.126. The minimum absolute atomic E-state index is 0.0265. The standard InChI is InChI=1S/C10H13NO4/c1-11(10(14)15-7-6-12)8-2-4-9(13)5-3-8/h2-5,12-13H,6-7H2,1H3. The van der Waals surface area contributed by atoms with Crippen LogP contribution in [0.2, 0.25) is 0 Å². The number of phenols is 1. The molecule has 0 aromatic heterocycles. The number of hydrogen-bond acceptors (Lipinski definition) is 4. The number of carbonyl (C=O) groups excluding carboxylic acids is 1. The minimum Gasteiger partial charge on any atom is -0.508 e. The number of nitrogens with zero attached hydrogens (tertiary/aromatic N) is 1. The van der Waals surface area contributed by atoms with Crippen LogP contribution in [0.1, 0.15) is 0 Å². The highest BCUT2D eigenvalue weighted by Gasteiger charge is 2.11. The SMILES string of the molecule is CN(C(=O)OCCO)c1ccc(O)cc1. The summed E-state index contributed by atoms with van der Waals surface area (Å²) >= 11 is 0. The van der Waals surface area contributed by atoms with Crippen molar-refractivity contribution >= 4 is 11.8 Å². The van der Waals surface area contributed by atoms with Gasteiger partial charge in [0.15, 0.2) is 0 Å². The zero-order chi connectivity index (χ0) is 11.3. The van der Waals surface area contributed by atoms with E-state index in [0.717, 1.165) is 0 Å². The summed E-state index contributed by atoms with van der Waals surface area (Å²) in [6.45, 7) is -0.226. The molecule has 0 spiro atoms. The summed E-state index contributed by atoms with van der Waals surface area (Å²) in [7, 11) is 1.55. The van der Waals surface area contributed by atoms with Gasteiger partial charge in [-0.1, -0.05) is 0 Å². The van der Waals surface area contributed by atoms with Crippen molar-refractivity contribution in [2.75, 3.05) is 25.2 Å². The van der Waals surface area contributed by atoms with E-state index < -0.39 is 6.09 Å². The fourth-order valence-corrected chi connectivity index (χ4v) is 1.01. The van der Waals surface area contributed by atoms with Crippen LogP contribution in [0.3, 0.4) is 0 Å². The lowest BCUT2D eigenvalue weighted by Crippen LogP contribution is -2.27. The van der Waals surface area contributed by atoms with Crippen molar-refractivity contribution in [2.45, 2.75) is 0 Å². The van der Waals surface area contributed by atoms with Crippen LogP contribution in [-0.4, -0.2) is 36.6 Å². The Kier molecular flexibility index (Phi) is 3.93. The highest BCUT2D eigenvalue weighted by atomic mass is 16.6. The number of aliphatic hydroxyl groups is 1. The lowest BCUT2D eigenvalue weighted by Gasteiger charge is -2.16. The monoisotopic (exact) mass is 211 g/mol. The van der Waals surface area contributed by atoms with Gasteiger partial charge in [-0.05, 0) is 24.3 Å². The van der Waals surface area contributed by atoms with Crippen LogP contribution >= 0.6 is 0 Å². The normalized spacial score (nSPS) is 9.73. The van der Waals surface area contributed by atoms with E-state index in [9.17, 15) is 4.79 Å². The molecule has 0 aliphatic heterocycles. The van der Waals surface area contributed by atoms with Crippen LogP contribution in [0.25, 0.3) is 0 Å². The number of anilines is 1. The van der Waals surface area contributed by atoms with Crippen molar-refractivity contribution in [3.05, 3.63) is 24.3 Å². The fraction of sp³-hybridized carbons (Fsp3) is 0.300. The molecule has 0 atom stereocenters. The fourth-order valence-electron chi connectivity index (χ4n) is 1.01. The van der Waals surface area contributed by atoms with Gasteiger partial charge in [0.1, 0.15) is 12.4 Å². The van der Waals surface area contributed by atoms with Gasteiger partial charge < -0.3 is 14.9 Å². The molecule has 0 unspecified atom stereocenters. The zero-order valence-corrected chi connectivity index (χ0v) is 8.38. The van der Waals surface area contributed by atoms with Gasteiger partial charge in [0.2, 0.25) is 0 Å². The number of amides is 1. The minimum atomic E-state index is -0.547. The number of rotatable bonds is 3. The highest BCUT2D eigenvalue weighted by molar-refractivity contribution is 5.86. The molecule has 0 radical (unpaired) electrons. The van der Waals surface area contributed by atoms with Gasteiger partial charge in [0.25, 0.3) is 0 Å². The quantitative estimate of drug-likeness (QED) is 0.781. The maximum absolute atomic E-state index is 11.3. The molecule has 1 amide bonds. The van der Waals surface area contributed by atoms with E-state index in [0.29, 0.717) is 5.69 Å². The molecule has 0 bridgehead atoms. The van der Waals surface area contributed by atoms with E-state index in [2.05, 4.69) is 0 Å². The molecule has 0 saturated heterocycles. The predicted molar refractivity (Wildman–Crippen MR) is 54.9 cm³/mol. The Bertz CT molecular complexity index is 323. The molecule has 0 heterocycles. The van der Waals surface area contributed by atoms with E-state index in [1.54, 1.807) is 19.2 Å². The summed E-state index contributed by atoms with van der Waals surface area (Å²) in [5.74, 6) is 0.135. The Morgan fingerprint density at radius 3 is 2.53 bits per heavy atom. The first-order chi connectivity index (χ1) is 7.15. The molecule has 0 fully saturated rings. The van der Waals surface area contributed by atoms with Crippen molar-refractivity contribution in [3.63, 3.8) is 0 Å². The Morgan fingerprint density at radius 1 is 1.40 bits per heavy atom. The second-order valence-electron chi connectivity index (χ2n) is 2.91. The molecular formula is C10H13NO4. The van der Waals surface area contributed by atoms with Crippen molar-refractivity contribution < 1.29 is 19.7 Å². The maximum Gasteiger partial charge on any atom is 0.414 e. The van der Waals surface area contributed by atoms with Crippen LogP contribution in [-0.2, 0) is 4.74 Å². The highest BCUT2D eigenvalue weighted by Crippen LogP contribution is 2.17. The summed E-state index contributed by atoms with van der Waals surface area (Å²) < 4.78 is 4.71. The summed E-state index contributed by atoms with van der Waals surface area (Å²) in [6, 6.07) is 6.14. The Morgan fingerprint density at radius 2 is 2.00 bits per heavy atom. The molecule has 0 aliphatic rings. The van der Waals surface area contributed by atoms with Crippen LogP contribution in [0, 0.1) is 0 Å². The number of carbonyl (C=O) groups is 1. The predicted octanol–water partition coefficient (Wildman–Crippen LogP) is 0.957. The van der Waals surface area contributed by atoms with Gasteiger partial charge in [-0.25, -0.2) is 4.79 Å². The molecular weight excluding hydrogens is 198 g/mol. The van der Waals surface area contributed by atoms with Gasteiger partial charge >= 0.3 is 6.09 Å². The summed E-state index contributed by atoms with van der Waals surface area (Å²) in [4.78, 5) is 12.6. The van der Waals surface area contributed by atoms with E-state index in [4.69, 9.17) is 14.9 Å². The van der Waals surface area contributed by atoms with Gasteiger partial charge in [0, 0.05) is 12.7 Å². The first-order valence-corrected chi connectivity index (χ1v) is 4.45. The van der Waals surface area contributed by atoms with Crippen LogP contribution < -0.4 is 4.90 Å². The molecule has 0 saturated carbocycles. The number of benzene rings is 1. The Hall–Kier alpha value is -1.75. The molecule has 1 aromatic carbocycles. The third-order valence-electron chi connectivity index (χ3n) is 1.83. The molecule has 5 nitrogen and oxygen atoms in total. The number of aliphatic hydroxyl groups excluding tert-OH is 1. The van der Waals surface area contributed by atoms with Crippen LogP contribution in [0.5, 0.6) is 5.75 Å². The summed E-state index contributed by atoms with van der Waals surface area (Å²) in [6.07, 6.45) is -0.547. The Balaban J connectivity index is 2.63. The first-order valence-electron chi connectivity index (χ1n) is 4.45. The van der Waals surface area contributed by atoms with Crippen molar-refractivity contribution in [1.82, 2.24) is 0 Å².